The van der Waals surface area contributed by atoms with Gasteiger partial charge < -0.3 is 15.2 Å². The van der Waals surface area contributed by atoms with E-state index in [9.17, 15) is 9.90 Å². The number of carbonyl (C=O) groups is 1. The largest absolute Gasteiger partial charge is 0.482 e. The summed E-state index contributed by atoms with van der Waals surface area (Å²) in [6.07, 6.45) is 0. The molecule has 0 saturated carbocycles. The topological polar surface area (TPSA) is 58.6 Å². The summed E-state index contributed by atoms with van der Waals surface area (Å²) in [6, 6.07) is 12.6. The van der Waals surface area contributed by atoms with Crippen LogP contribution in [0, 0.1) is 0 Å². The summed E-state index contributed by atoms with van der Waals surface area (Å²) in [5.74, 6) is 1.46. The number of ether oxygens (including phenoxy) is 1. The lowest BCUT2D eigenvalue weighted by Gasteiger charge is -2.34. The standard InChI is InChI=1S/C18H17Cl2NO3S/c19-13-5-6-16(15(20)7-13)24-8-17(22)21-10-18(23)11-25-9-12-3-1-2-4-14(12)18/h1-7,23H,8-11H2,(H,21,22). The molecule has 0 fully saturated rings. The van der Waals surface area contributed by atoms with Gasteiger partial charge in [-0.15, -0.1) is 0 Å². The van der Waals surface area contributed by atoms with Crippen molar-refractivity contribution in [2.75, 3.05) is 18.9 Å². The third-order valence-electron chi connectivity index (χ3n) is 3.95. The van der Waals surface area contributed by atoms with E-state index in [2.05, 4.69) is 5.32 Å². The van der Waals surface area contributed by atoms with Crippen LogP contribution < -0.4 is 10.1 Å². The van der Waals surface area contributed by atoms with Crippen molar-refractivity contribution in [2.24, 2.45) is 0 Å². The second-order valence-corrected chi connectivity index (χ2v) is 7.65. The van der Waals surface area contributed by atoms with E-state index in [1.165, 1.54) is 0 Å². The fourth-order valence-corrected chi connectivity index (χ4v) is 4.32. The molecule has 132 valence electrons. The van der Waals surface area contributed by atoms with E-state index in [0.717, 1.165) is 16.9 Å². The van der Waals surface area contributed by atoms with Crippen LogP contribution >= 0.6 is 35.0 Å². The molecular formula is C18H17Cl2NO3S. The summed E-state index contributed by atoms with van der Waals surface area (Å²) >= 11 is 13.5. The number of hydrogen-bond acceptors (Lipinski definition) is 4. The van der Waals surface area contributed by atoms with Crippen LogP contribution in [0.1, 0.15) is 11.1 Å². The second-order valence-electron chi connectivity index (χ2n) is 5.82. The number of amides is 1. The van der Waals surface area contributed by atoms with Gasteiger partial charge in [0.1, 0.15) is 11.4 Å². The van der Waals surface area contributed by atoms with Crippen LogP contribution in [0.3, 0.4) is 0 Å². The Morgan fingerprint density at radius 3 is 2.88 bits per heavy atom. The van der Waals surface area contributed by atoms with Crippen molar-refractivity contribution in [1.29, 1.82) is 0 Å². The van der Waals surface area contributed by atoms with Crippen LogP contribution in [0.25, 0.3) is 0 Å². The molecule has 0 saturated heterocycles. The van der Waals surface area contributed by atoms with Crippen LogP contribution in [0.5, 0.6) is 5.75 Å². The van der Waals surface area contributed by atoms with Gasteiger partial charge in [-0.1, -0.05) is 47.5 Å². The summed E-state index contributed by atoms with van der Waals surface area (Å²) in [5, 5.41) is 14.5. The monoisotopic (exact) mass is 397 g/mol. The molecular weight excluding hydrogens is 381 g/mol. The first-order valence-electron chi connectivity index (χ1n) is 7.71. The lowest BCUT2D eigenvalue weighted by Crippen LogP contribution is -2.45. The Bertz CT molecular complexity index is 787. The maximum Gasteiger partial charge on any atom is 0.258 e. The molecule has 0 radical (unpaired) electrons. The van der Waals surface area contributed by atoms with Gasteiger partial charge in [0.05, 0.1) is 11.6 Å². The molecule has 0 bridgehead atoms. The lowest BCUT2D eigenvalue weighted by molar-refractivity contribution is -0.124. The molecule has 1 aliphatic rings. The van der Waals surface area contributed by atoms with E-state index in [-0.39, 0.29) is 19.1 Å². The van der Waals surface area contributed by atoms with Crippen molar-refractivity contribution >= 4 is 40.9 Å². The molecule has 1 aliphatic heterocycles. The first-order chi connectivity index (χ1) is 12.0. The number of fused-ring (bicyclic) bond motifs is 1. The van der Waals surface area contributed by atoms with E-state index in [1.54, 1.807) is 30.0 Å². The zero-order chi connectivity index (χ0) is 17.9. The van der Waals surface area contributed by atoms with Crippen LogP contribution in [-0.2, 0) is 16.1 Å². The normalized spacial score (nSPS) is 19.2. The highest BCUT2D eigenvalue weighted by Crippen LogP contribution is 2.35. The van der Waals surface area contributed by atoms with Crippen LogP contribution in [0.15, 0.2) is 42.5 Å². The summed E-state index contributed by atoms with van der Waals surface area (Å²) < 4.78 is 5.41. The Hall–Kier alpha value is -1.40. The smallest absolute Gasteiger partial charge is 0.258 e. The highest BCUT2D eigenvalue weighted by molar-refractivity contribution is 7.98. The second kappa shape index (κ2) is 7.87. The number of rotatable bonds is 5. The summed E-state index contributed by atoms with van der Waals surface area (Å²) in [7, 11) is 0. The lowest BCUT2D eigenvalue weighted by atomic mass is 9.91. The minimum Gasteiger partial charge on any atom is -0.482 e. The van der Waals surface area contributed by atoms with Crippen molar-refractivity contribution in [3.63, 3.8) is 0 Å². The molecule has 2 aromatic carbocycles. The molecule has 1 amide bonds. The number of hydrogen-bond donors (Lipinski definition) is 2. The Morgan fingerprint density at radius 2 is 2.08 bits per heavy atom. The fourth-order valence-electron chi connectivity index (χ4n) is 2.69. The first kappa shape index (κ1) is 18.4. The molecule has 4 nitrogen and oxygen atoms in total. The Labute approximate surface area is 160 Å². The average molecular weight is 398 g/mol. The fraction of sp³-hybridized carbons (Fsp3) is 0.278. The maximum absolute atomic E-state index is 12.1. The molecule has 25 heavy (non-hydrogen) atoms. The number of nitrogens with one attached hydrogen (secondary N) is 1. The Morgan fingerprint density at radius 1 is 1.28 bits per heavy atom. The van der Waals surface area contributed by atoms with Gasteiger partial charge in [-0.3, -0.25) is 4.79 Å². The first-order valence-corrected chi connectivity index (χ1v) is 9.62. The summed E-state index contributed by atoms with van der Waals surface area (Å²) in [4.78, 5) is 12.1. The van der Waals surface area contributed by atoms with Gasteiger partial charge in [0, 0.05) is 16.5 Å². The van der Waals surface area contributed by atoms with Gasteiger partial charge in [-0.25, -0.2) is 0 Å². The molecule has 2 N–H and O–H groups in total. The number of carbonyl (C=O) groups excluding carboxylic acids is 1. The molecule has 1 atom stereocenters. The Kier molecular flexibility index (Phi) is 5.79. The summed E-state index contributed by atoms with van der Waals surface area (Å²) in [6.45, 7) is -0.0558. The van der Waals surface area contributed by atoms with Gasteiger partial charge in [0.2, 0.25) is 0 Å². The number of benzene rings is 2. The van der Waals surface area contributed by atoms with Crippen LogP contribution in [-0.4, -0.2) is 29.9 Å². The minimum atomic E-state index is -1.08. The van der Waals surface area contributed by atoms with Crippen molar-refractivity contribution in [3.8, 4) is 5.75 Å². The quantitative estimate of drug-likeness (QED) is 0.808. The van der Waals surface area contributed by atoms with Crippen molar-refractivity contribution in [1.82, 2.24) is 5.32 Å². The van der Waals surface area contributed by atoms with E-state index < -0.39 is 5.60 Å². The van der Waals surface area contributed by atoms with Gasteiger partial charge in [-0.2, -0.15) is 11.8 Å². The van der Waals surface area contributed by atoms with Gasteiger partial charge >= 0.3 is 0 Å². The molecule has 2 aromatic rings. The van der Waals surface area contributed by atoms with Gasteiger partial charge in [0.25, 0.3) is 5.91 Å². The summed E-state index contributed by atoms with van der Waals surface area (Å²) in [5.41, 5.74) is 0.892. The highest BCUT2D eigenvalue weighted by Gasteiger charge is 2.34. The molecule has 1 heterocycles. The Balaban J connectivity index is 1.57. The van der Waals surface area contributed by atoms with E-state index in [1.807, 2.05) is 24.3 Å². The van der Waals surface area contributed by atoms with Crippen LogP contribution in [0.4, 0.5) is 0 Å². The zero-order valence-corrected chi connectivity index (χ0v) is 15.6. The minimum absolute atomic E-state index is 0.132. The predicted octanol–water partition coefficient (Wildman–Crippen LogP) is 3.62. The average Bonchev–Trinajstić information content (AvgIpc) is 2.60. The van der Waals surface area contributed by atoms with Crippen LogP contribution in [0.2, 0.25) is 10.0 Å². The molecule has 1 unspecified atom stereocenters. The number of halogens is 2. The molecule has 0 aliphatic carbocycles. The predicted molar refractivity (Wildman–Crippen MR) is 101 cm³/mol. The SMILES string of the molecule is O=C(COc1ccc(Cl)cc1Cl)NCC1(O)CSCc2ccccc21. The van der Waals surface area contributed by atoms with Gasteiger partial charge in [-0.05, 0) is 29.3 Å². The van der Waals surface area contributed by atoms with Crippen molar-refractivity contribution in [2.45, 2.75) is 11.4 Å². The van der Waals surface area contributed by atoms with E-state index in [4.69, 9.17) is 27.9 Å². The molecule has 0 aromatic heterocycles. The van der Waals surface area contributed by atoms with Crippen molar-refractivity contribution in [3.05, 3.63) is 63.6 Å². The van der Waals surface area contributed by atoms with Gasteiger partial charge in [0.15, 0.2) is 6.61 Å². The zero-order valence-electron chi connectivity index (χ0n) is 13.3. The third-order valence-corrected chi connectivity index (χ3v) is 5.68. The highest BCUT2D eigenvalue weighted by atomic mass is 35.5. The van der Waals surface area contributed by atoms with Crippen molar-refractivity contribution < 1.29 is 14.6 Å². The van der Waals surface area contributed by atoms with E-state index in [0.29, 0.717) is 21.5 Å². The molecule has 7 heteroatoms. The number of aliphatic hydroxyl groups is 1. The third kappa shape index (κ3) is 4.42. The molecule has 3 rings (SSSR count). The molecule has 0 spiro atoms. The number of thioether (sulfide) groups is 1. The van der Waals surface area contributed by atoms with E-state index >= 15 is 0 Å². The maximum atomic E-state index is 12.1.